The van der Waals surface area contributed by atoms with Crippen molar-refractivity contribution in [3.8, 4) is 0 Å². The highest BCUT2D eigenvalue weighted by Crippen LogP contribution is 2.35. The van der Waals surface area contributed by atoms with E-state index in [1.165, 1.54) is 17.0 Å². The van der Waals surface area contributed by atoms with E-state index in [9.17, 15) is 23.6 Å². The minimum atomic E-state index is -0.759. The maximum absolute atomic E-state index is 14.6. The average molecular weight is 504 g/mol. The Balaban J connectivity index is 1.19. The molecule has 1 unspecified atom stereocenters. The smallest absolute Gasteiger partial charge is 0.255 e. The Kier molecular flexibility index (Phi) is 5.47. The number of carbonyl (C=O) groups is 4. The van der Waals surface area contributed by atoms with Crippen LogP contribution in [0.4, 0.5) is 10.1 Å². The largest absolute Gasteiger partial charge is 0.368 e. The molecule has 190 valence electrons. The van der Waals surface area contributed by atoms with Crippen LogP contribution in [0.3, 0.4) is 0 Å². The summed E-state index contributed by atoms with van der Waals surface area (Å²) in [6, 6.07) is 9.54. The highest BCUT2D eigenvalue weighted by Gasteiger charge is 2.41. The van der Waals surface area contributed by atoms with E-state index >= 15 is 0 Å². The van der Waals surface area contributed by atoms with E-state index in [-0.39, 0.29) is 36.8 Å². The van der Waals surface area contributed by atoms with Crippen molar-refractivity contribution in [1.29, 1.82) is 0 Å². The van der Waals surface area contributed by atoms with E-state index in [2.05, 4.69) is 5.32 Å². The predicted octanol–water partition coefficient (Wildman–Crippen LogP) is 2.04. The first-order valence-corrected chi connectivity index (χ1v) is 12.4. The number of benzene rings is 2. The maximum atomic E-state index is 14.6. The summed E-state index contributed by atoms with van der Waals surface area (Å²) >= 11 is 0. The van der Waals surface area contributed by atoms with Crippen LogP contribution >= 0.6 is 0 Å². The molecule has 0 spiro atoms. The van der Waals surface area contributed by atoms with Crippen LogP contribution < -0.4 is 10.2 Å². The van der Waals surface area contributed by atoms with Gasteiger partial charge in [0.05, 0.1) is 0 Å². The second kappa shape index (κ2) is 8.72. The molecule has 2 fully saturated rings. The predicted molar refractivity (Wildman–Crippen MR) is 133 cm³/mol. The van der Waals surface area contributed by atoms with Gasteiger partial charge in [-0.1, -0.05) is 0 Å². The molecule has 1 N–H and O–H groups in total. The van der Waals surface area contributed by atoms with Gasteiger partial charge in [-0.2, -0.15) is 0 Å². The Morgan fingerprint density at radius 2 is 1.81 bits per heavy atom. The maximum Gasteiger partial charge on any atom is 0.255 e. The molecule has 4 amide bonds. The highest BCUT2D eigenvalue weighted by molar-refractivity contribution is 6.06. The van der Waals surface area contributed by atoms with E-state index in [0.29, 0.717) is 43.0 Å². The first kappa shape index (κ1) is 23.2. The molecule has 3 aliphatic heterocycles. The molecule has 0 aliphatic carbocycles. The Hall–Kier alpha value is -4.21. The standard InChI is InChI=1S/C27H26FN5O4/c1-30-7-6-16-12-17(2-3-21(16)30)26(36)32-10-8-31(9-11-32)23-14-18(28)13-19-20(23)15-33(27(19)37)22-4-5-24(34)29-25(22)35/h2-3,6-7,12-14,22H,4-5,8-11,15H2,1H3,(H,29,34,35). The van der Waals surface area contributed by atoms with E-state index in [1.807, 2.05) is 47.0 Å². The second-order valence-electron chi connectivity index (χ2n) is 9.83. The van der Waals surface area contributed by atoms with Gasteiger partial charge in [-0.25, -0.2) is 4.39 Å². The van der Waals surface area contributed by atoms with Crippen LogP contribution in [0.25, 0.3) is 10.9 Å². The van der Waals surface area contributed by atoms with Gasteiger partial charge >= 0.3 is 0 Å². The van der Waals surface area contributed by atoms with Gasteiger partial charge in [-0.3, -0.25) is 24.5 Å². The van der Waals surface area contributed by atoms with E-state index in [4.69, 9.17) is 0 Å². The number of piperazine rings is 1. The fourth-order valence-corrected chi connectivity index (χ4v) is 5.64. The van der Waals surface area contributed by atoms with Crippen molar-refractivity contribution in [2.75, 3.05) is 31.1 Å². The van der Waals surface area contributed by atoms with Gasteiger partial charge in [0.15, 0.2) is 0 Å². The van der Waals surface area contributed by atoms with Crippen molar-refractivity contribution < 1.29 is 23.6 Å². The van der Waals surface area contributed by atoms with Crippen molar-refractivity contribution in [1.82, 2.24) is 19.7 Å². The van der Waals surface area contributed by atoms with Gasteiger partial charge in [0, 0.05) is 85.7 Å². The highest BCUT2D eigenvalue weighted by atomic mass is 19.1. The van der Waals surface area contributed by atoms with E-state index in [0.717, 1.165) is 10.9 Å². The number of piperidine rings is 1. The molecular weight excluding hydrogens is 477 g/mol. The number of nitrogens with zero attached hydrogens (tertiary/aromatic N) is 4. The summed E-state index contributed by atoms with van der Waals surface area (Å²) in [7, 11) is 1.96. The number of amides is 4. The Labute approximate surface area is 212 Å². The van der Waals surface area contributed by atoms with Crippen molar-refractivity contribution in [2.45, 2.75) is 25.4 Å². The lowest BCUT2D eigenvalue weighted by atomic mass is 10.0. The quantitative estimate of drug-likeness (QED) is 0.552. The number of halogens is 1. The second-order valence-corrected chi connectivity index (χ2v) is 9.83. The number of anilines is 1. The van der Waals surface area contributed by atoms with Crippen LogP contribution in [0.5, 0.6) is 0 Å². The Morgan fingerprint density at radius 1 is 1.03 bits per heavy atom. The molecule has 2 saturated heterocycles. The summed E-state index contributed by atoms with van der Waals surface area (Å²) in [6.07, 6.45) is 2.37. The topological polar surface area (TPSA) is 95.0 Å². The fraction of sp³-hybridized carbons (Fsp3) is 0.333. The number of rotatable bonds is 3. The number of aromatic nitrogens is 1. The summed E-state index contributed by atoms with van der Waals surface area (Å²) in [5.74, 6) is -1.83. The number of imide groups is 1. The third-order valence-electron chi connectivity index (χ3n) is 7.64. The summed E-state index contributed by atoms with van der Waals surface area (Å²) in [6.45, 7) is 2.07. The zero-order chi connectivity index (χ0) is 25.8. The first-order chi connectivity index (χ1) is 17.8. The van der Waals surface area contributed by atoms with Crippen molar-refractivity contribution in [3.05, 3.63) is 65.1 Å². The third-order valence-corrected chi connectivity index (χ3v) is 7.64. The molecule has 1 aromatic heterocycles. The molecule has 0 radical (unpaired) electrons. The van der Waals surface area contributed by atoms with Crippen LogP contribution in [0.2, 0.25) is 0 Å². The molecule has 10 heteroatoms. The molecule has 3 aliphatic rings. The van der Waals surface area contributed by atoms with Gasteiger partial charge in [0.1, 0.15) is 11.9 Å². The molecule has 0 bridgehead atoms. The van der Waals surface area contributed by atoms with Crippen molar-refractivity contribution in [3.63, 3.8) is 0 Å². The molecular formula is C27H26FN5O4. The fourth-order valence-electron chi connectivity index (χ4n) is 5.64. The summed E-state index contributed by atoms with van der Waals surface area (Å²) in [5.41, 5.74) is 3.21. The molecule has 3 aromatic rings. The monoisotopic (exact) mass is 503 g/mol. The van der Waals surface area contributed by atoms with E-state index < -0.39 is 23.7 Å². The van der Waals surface area contributed by atoms with Crippen LogP contribution in [-0.2, 0) is 23.2 Å². The van der Waals surface area contributed by atoms with Gasteiger partial charge < -0.3 is 19.3 Å². The zero-order valence-electron chi connectivity index (χ0n) is 20.4. The van der Waals surface area contributed by atoms with Crippen LogP contribution in [0.15, 0.2) is 42.6 Å². The number of nitrogens with one attached hydrogen (secondary N) is 1. The van der Waals surface area contributed by atoms with Crippen LogP contribution in [0, 0.1) is 5.82 Å². The summed E-state index contributed by atoms with van der Waals surface area (Å²) in [5, 5.41) is 3.29. The number of hydrogen-bond acceptors (Lipinski definition) is 5. The minimum Gasteiger partial charge on any atom is -0.368 e. The average Bonchev–Trinajstić information content (AvgIpc) is 3.42. The number of hydrogen-bond donors (Lipinski definition) is 1. The SMILES string of the molecule is Cn1ccc2cc(C(=O)N3CCN(c4cc(F)cc5c4CN(C4CCC(=O)NC4=O)C5=O)CC3)ccc21. The molecule has 1 atom stereocenters. The zero-order valence-corrected chi connectivity index (χ0v) is 20.4. The van der Waals surface area contributed by atoms with Crippen molar-refractivity contribution in [2.24, 2.45) is 7.05 Å². The molecule has 6 rings (SSSR count). The minimum absolute atomic E-state index is 0.0471. The summed E-state index contributed by atoms with van der Waals surface area (Å²) in [4.78, 5) is 55.4. The number of aryl methyl sites for hydroxylation is 1. The molecule has 2 aromatic carbocycles. The van der Waals surface area contributed by atoms with Crippen LogP contribution in [0.1, 0.15) is 39.1 Å². The number of fused-ring (bicyclic) bond motifs is 2. The molecule has 37 heavy (non-hydrogen) atoms. The molecule has 4 heterocycles. The Morgan fingerprint density at radius 3 is 2.57 bits per heavy atom. The number of carbonyl (C=O) groups excluding carboxylic acids is 4. The van der Waals surface area contributed by atoms with Gasteiger partial charge in [-0.15, -0.1) is 0 Å². The Bertz CT molecular complexity index is 1470. The van der Waals surface area contributed by atoms with Gasteiger partial charge in [0.25, 0.3) is 11.8 Å². The van der Waals surface area contributed by atoms with E-state index in [1.54, 1.807) is 4.90 Å². The molecule has 0 saturated carbocycles. The lowest BCUT2D eigenvalue weighted by Crippen LogP contribution is -2.52. The first-order valence-electron chi connectivity index (χ1n) is 12.4. The third kappa shape index (κ3) is 3.92. The summed E-state index contributed by atoms with van der Waals surface area (Å²) < 4.78 is 16.6. The lowest BCUT2D eigenvalue weighted by Gasteiger charge is -2.37. The van der Waals surface area contributed by atoms with Crippen LogP contribution in [-0.4, -0.2) is 70.2 Å². The molecule has 9 nitrogen and oxygen atoms in total. The van der Waals surface area contributed by atoms with Gasteiger partial charge in [-0.05, 0) is 42.8 Å². The van der Waals surface area contributed by atoms with Crippen molar-refractivity contribution >= 4 is 40.2 Å². The normalized spacial score (nSPS) is 20.0. The van der Waals surface area contributed by atoms with Gasteiger partial charge in [0.2, 0.25) is 11.8 Å². The lowest BCUT2D eigenvalue weighted by molar-refractivity contribution is -0.136.